The van der Waals surface area contributed by atoms with Crippen molar-refractivity contribution in [3.8, 4) is 0 Å². The summed E-state index contributed by atoms with van der Waals surface area (Å²) in [6, 6.07) is 0. The van der Waals surface area contributed by atoms with Gasteiger partial charge in [0.2, 0.25) is 0 Å². The Hall–Kier alpha value is -1.94. The van der Waals surface area contributed by atoms with Gasteiger partial charge in [-0.25, -0.2) is 9.13 Å². The number of unbranched alkanes of at least 4 members (excludes halogenated alkanes) is 42. The highest BCUT2D eigenvalue weighted by Crippen LogP contribution is 2.45. The number of esters is 4. The fourth-order valence-electron chi connectivity index (χ4n) is 11.6. The number of phosphoric acid groups is 2. The third-order valence-electron chi connectivity index (χ3n) is 17.6. The van der Waals surface area contributed by atoms with E-state index in [1.807, 2.05) is 0 Å². The average Bonchev–Trinajstić information content (AvgIpc) is 1.99. The number of hydrogen-bond acceptors (Lipinski definition) is 15. The molecule has 0 aromatic carbocycles. The molecular formula is C76H148O17P2. The molecule has 3 N–H and O–H groups in total. The summed E-state index contributed by atoms with van der Waals surface area (Å²) in [6.45, 7) is 11.9. The van der Waals surface area contributed by atoms with Crippen LogP contribution < -0.4 is 0 Å². The van der Waals surface area contributed by atoms with Gasteiger partial charge in [-0.15, -0.1) is 0 Å². The van der Waals surface area contributed by atoms with Crippen LogP contribution in [0, 0.1) is 17.8 Å². The van der Waals surface area contributed by atoms with Crippen LogP contribution in [-0.4, -0.2) is 96.7 Å². The molecule has 5 atom stereocenters. The molecule has 0 fully saturated rings. The van der Waals surface area contributed by atoms with Crippen LogP contribution in [0.2, 0.25) is 0 Å². The summed E-state index contributed by atoms with van der Waals surface area (Å²) in [5.74, 6) is 0.162. The summed E-state index contributed by atoms with van der Waals surface area (Å²) in [5, 5.41) is 10.6. The van der Waals surface area contributed by atoms with Crippen LogP contribution in [0.4, 0.5) is 0 Å². The normalized spacial score (nSPS) is 14.1. The summed E-state index contributed by atoms with van der Waals surface area (Å²) in [4.78, 5) is 72.8. The van der Waals surface area contributed by atoms with Crippen molar-refractivity contribution < 1.29 is 80.2 Å². The fourth-order valence-corrected chi connectivity index (χ4v) is 13.2. The molecule has 0 heterocycles. The molecule has 0 amide bonds. The average molecular weight is 1400 g/mol. The first-order chi connectivity index (χ1) is 45.7. The van der Waals surface area contributed by atoms with E-state index < -0.39 is 97.5 Å². The number of carbonyl (C=O) groups is 4. The second-order valence-corrected chi connectivity index (χ2v) is 31.7. The SMILES string of the molecule is CCCCCCCCCCCCCCCC(=O)O[C@H](COC(=O)CCCCCCCCCC(C)C)COP(=O)(O)OC[C@H](O)COP(=O)(O)OC[C@@H](COC(=O)CCCCCCCCCCCCCC(C)C)OC(=O)CCCCCCCCCCCCCCCCCC(C)C. The maximum Gasteiger partial charge on any atom is 0.472 e. The Bertz CT molecular complexity index is 1850. The highest BCUT2D eigenvalue weighted by atomic mass is 31.2. The van der Waals surface area contributed by atoms with Crippen LogP contribution in [0.25, 0.3) is 0 Å². The Labute approximate surface area is 581 Å². The third-order valence-corrected chi connectivity index (χ3v) is 19.5. The molecule has 0 saturated carbocycles. The van der Waals surface area contributed by atoms with Crippen molar-refractivity contribution in [1.82, 2.24) is 0 Å². The molecule has 0 aliphatic carbocycles. The third kappa shape index (κ3) is 70.3. The van der Waals surface area contributed by atoms with Gasteiger partial charge in [0.05, 0.1) is 26.4 Å². The van der Waals surface area contributed by atoms with Gasteiger partial charge >= 0.3 is 39.5 Å². The molecule has 0 rings (SSSR count). The topological polar surface area (TPSA) is 237 Å². The number of rotatable bonds is 74. The van der Waals surface area contributed by atoms with Crippen molar-refractivity contribution >= 4 is 39.5 Å². The zero-order chi connectivity index (χ0) is 70.1. The molecule has 95 heavy (non-hydrogen) atoms. The van der Waals surface area contributed by atoms with Gasteiger partial charge in [-0.2, -0.15) is 0 Å². The Morgan fingerprint density at radius 2 is 0.484 bits per heavy atom. The van der Waals surface area contributed by atoms with Crippen molar-refractivity contribution in [2.75, 3.05) is 39.6 Å². The van der Waals surface area contributed by atoms with E-state index in [-0.39, 0.29) is 25.7 Å². The first-order valence-electron chi connectivity index (χ1n) is 39.3. The van der Waals surface area contributed by atoms with E-state index in [9.17, 15) is 43.2 Å². The fraction of sp³-hybridized carbons (Fsp3) is 0.947. The summed E-state index contributed by atoms with van der Waals surface area (Å²) >= 11 is 0. The molecule has 0 bridgehead atoms. The first kappa shape index (κ1) is 93.1. The van der Waals surface area contributed by atoms with E-state index in [2.05, 4.69) is 48.5 Å². The molecule has 0 saturated heterocycles. The van der Waals surface area contributed by atoms with Gasteiger partial charge in [-0.1, -0.05) is 337 Å². The van der Waals surface area contributed by atoms with Crippen molar-refractivity contribution in [3.63, 3.8) is 0 Å². The molecule has 0 radical (unpaired) electrons. The monoisotopic (exact) mass is 1400 g/mol. The van der Waals surface area contributed by atoms with Gasteiger partial charge in [0.25, 0.3) is 0 Å². The molecule has 19 heteroatoms. The maximum atomic E-state index is 13.1. The Kier molecular flexibility index (Phi) is 65.2. The van der Waals surface area contributed by atoms with Gasteiger partial charge in [0.1, 0.15) is 19.3 Å². The van der Waals surface area contributed by atoms with Crippen LogP contribution in [0.15, 0.2) is 0 Å². The summed E-state index contributed by atoms with van der Waals surface area (Å²) < 4.78 is 68.5. The number of phosphoric ester groups is 2. The van der Waals surface area contributed by atoms with Crippen LogP contribution in [0.1, 0.15) is 389 Å². The summed E-state index contributed by atoms with van der Waals surface area (Å²) in [6.07, 6.45) is 52.7. The summed E-state index contributed by atoms with van der Waals surface area (Å²) in [7, 11) is -9.91. The molecule has 564 valence electrons. The van der Waals surface area contributed by atoms with E-state index in [1.165, 1.54) is 193 Å². The van der Waals surface area contributed by atoms with Crippen molar-refractivity contribution in [2.24, 2.45) is 17.8 Å². The number of hydrogen-bond donors (Lipinski definition) is 3. The quantitative estimate of drug-likeness (QED) is 0.0222. The van der Waals surface area contributed by atoms with Crippen LogP contribution in [-0.2, 0) is 65.4 Å². The first-order valence-corrected chi connectivity index (χ1v) is 42.3. The molecule has 0 aliphatic heterocycles. The minimum Gasteiger partial charge on any atom is -0.462 e. The molecule has 0 aliphatic rings. The highest BCUT2D eigenvalue weighted by Gasteiger charge is 2.30. The van der Waals surface area contributed by atoms with E-state index in [0.717, 1.165) is 108 Å². The zero-order valence-corrected chi connectivity index (χ0v) is 63.9. The second kappa shape index (κ2) is 66.6. The van der Waals surface area contributed by atoms with Crippen LogP contribution >= 0.6 is 15.6 Å². The van der Waals surface area contributed by atoms with Gasteiger partial charge in [0, 0.05) is 25.7 Å². The predicted molar refractivity (Wildman–Crippen MR) is 386 cm³/mol. The second-order valence-electron chi connectivity index (χ2n) is 28.8. The minimum absolute atomic E-state index is 0.107. The van der Waals surface area contributed by atoms with Crippen molar-refractivity contribution in [1.29, 1.82) is 0 Å². The van der Waals surface area contributed by atoms with Crippen LogP contribution in [0.5, 0.6) is 0 Å². The number of carbonyl (C=O) groups excluding carboxylic acids is 4. The Morgan fingerprint density at radius 3 is 0.716 bits per heavy atom. The van der Waals surface area contributed by atoms with E-state index in [4.69, 9.17) is 37.0 Å². The lowest BCUT2D eigenvalue weighted by Gasteiger charge is -2.21. The number of aliphatic hydroxyl groups excluding tert-OH is 1. The van der Waals surface area contributed by atoms with Gasteiger partial charge in [0.15, 0.2) is 12.2 Å². The van der Waals surface area contributed by atoms with Crippen LogP contribution in [0.3, 0.4) is 0 Å². The van der Waals surface area contributed by atoms with E-state index in [1.54, 1.807) is 0 Å². The van der Waals surface area contributed by atoms with E-state index >= 15 is 0 Å². The molecule has 0 spiro atoms. The standard InChI is InChI=1S/C76H148O17P2/c1-8-9-10-11-12-13-14-18-24-30-37-45-52-59-75(80)93-72(64-87-74(79)58-51-44-39-32-35-42-49-56-69(6)7)66-91-95(84,85)89-62-70(77)61-88-94(82,83)90-65-71(63-86-73(78)57-50-43-36-29-26-21-23-28-34-41-48-55-68(4)5)92-76(81)60-53-46-38-31-25-20-17-15-16-19-22-27-33-40-47-54-67(2)3/h67-72,77H,8-66H2,1-7H3,(H,82,83)(H,84,85)/t70-,71-,72-/m1/s1. The highest BCUT2D eigenvalue weighted by molar-refractivity contribution is 7.47. The van der Waals surface area contributed by atoms with Crippen molar-refractivity contribution in [3.05, 3.63) is 0 Å². The lowest BCUT2D eigenvalue weighted by molar-refractivity contribution is -0.161. The van der Waals surface area contributed by atoms with Gasteiger partial charge < -0.3 is 33.8 Å². The zero-order valence-electron chi connectivity index (χ0n) is 62.1. The lowest BCUT2D eigenvalue weighted by atomic mass is 10.0. The summed E-state index contributed by atoms with van der Waals surface area (Å²) in [5.41, 5.74) is 0. The molecule has 17 nitrogen and oxygen atoms in total. The molecule has 0 aromatic rings. The minimum atomic E-state index is -4.96. The smallest absolute Gasteiger partial charge is 0.462 e. The lowest BCUT2D eigenvalue weighted by Crippen LogP contribution is -2.30. The Balaban J connectivity index is 5.24. The predicted octanol–water partition coefficient (Wildman–Crippen LogP) is 22.2. The number of ether oxygens (including phenoxy) is 4. The molecular weight excluding hydrogens is 1250 g/mol. The number of aliphatic hydroxyl groups is 1. The van der Waals surface area contributed by atoms with Gasteiger partial charge in [-0.05, 0) is 43.4 Å². The maximum absolute atomic E-state index is 13.1. The van der Waals surface area contributed by atoms with E-state index in [0.29, 0.717) is 31.6 Å². The van der Waals surface area contributed by atoms with Crippen molar-refractivity contribution in [2.45, 2.75) is 407 Å². The Morgan fingerprint density at radius 1 is 0.284 bits per heavy atom. The largest absolute Gasteiger partial charge is 0.472 e. The molecule has 0 aromatic heterocycles. The molecule has 2 unspecified atom stereocenters. The van der Waals surface area contributed by atoms with Gasteiger partial charge in [-0.3, -0.25) is 37.3 Å².